The first-order valence-electron chi connectivity index (χ1n) is 32.2. The molecule has 6 aromatic carbocycles. The second kappa shape index (κ2) is 30.7. The molecule has 100 heavy (non-hydrogen) atoms. The van der Waals surface area contributed by atoms with Crippen LogP contribution in [0.5, 0.6) is 23.0 Å². The molecule has 11 rings (SSSR count). The number of hydrogen-bond acceptors (Lipinski definition) is 12. The zero-order valence-corrected chi connectivity index (χ0v) is 55.4. The van der Waals surface area contributed by atoms with Crippen molar-refractivity contribution in [2.24, 2.45) is 0 Å². The molecule has 506 valence electrons. The third kappa shape index (κ3) is 16.6. The van der Waals surface area contributed by atoms with Gasteiger partial charge in [0.05, 0.1) is 45.0 Å². The van der Waals surface area contributed by atoms with Crippen LogP contribution in [0.1, 0.15) is 153 Å². The van der Waals surface area contributed by atoms with Gasteiger partial charge in [0, 0.05) is 71.3 Å². The highest BCUT2D eigenvalue weighted by atomic mass is 16.5. The average Bonchev–Trinajstić information content (AvgIpc) is 1.62. The van der Waals surface area contributed by atoms with Gasteiger partial charge in [-0.3, -0.25) is 9.59 Å². The van der Waals surface area contributed by atoms with Gasteiger partial charge in [-0.25, -0.2) is 29.1 Å². The molecule has 0 saturated heterocycles. The van der Waals surface area contributed by atoms with E-state index in [0.717, 1.165) is 89.0 Å². The SMILES string of the molecule is C=CC1=C(C)c2cc3[nH]c(cc4nc(cc5[nH]c(cc1n2)c(C)c5CCC(=O)NCc1cc(OCc2ccc(C(=O)O)cc2)cc(OCc2ccc(C(=O)O)cc2)c1)C(CCC(=O)NCc1cc(OCc2ccc(C(=O)O)cc2)cc(OCc2ccc(C(=O)O)cc2)c1)=C4C)c(C)c3C=C. The van der Waals surface area contributed by atoms with Crippen molar-refractivity contribution in [3.8, 4) is 23.0 Å². The molecule has 0 saturated carbocycles. The van der Waals surface area contributed by atoms with E-state index in [4.69, 9.17) is 28.9 Å². The zero-order valence-electron chi connectivity index (χ0n) is 55.4. The molecule has 20 heteroatoms. The van der Waals surface area contributed by atoms with Gasteiger partial charge in [0.1, 0.15) is 49.4 Å². The van der Waals surface area contributed by atoms with Crippen LogP contribution < -0.4 is 29.6 Å². The van der Waals surface area contributed by atoms with E-state index in [-0.39, 0.29) is 86.4 Å². The van der Waals surface area contributed by atoms with E-state index in [0.29, 0.717) is 69.6 Å². The molecule has 0 spiro atoms. The number of carboxylic acid groups (broad SMARTS) is 4. The number of H-pyrrole nitrogens is 2. The summed E-state index contributed by atoms with van der Waals surface area (Å²) < 4.78 is 24.8. The van der Waals surface area contributed by atoms with Crippen LogP contribution >= 0.6 is 0 Å². The minimum absolute atomic E-state index is 0.0734. The molecule has 0 unspecified atom stereocenters. The normalized spacial score (nSPS) is 11.8. The molecule has 2 aliphatic rings. The fraction of sp³-hybridized carbons (Fsp3) is 0.175. The Morgan fingerprint density at radius 2 is 0.770 bits per heavy atom. The largest absolute Gasteiger partial charge is 0.489 e. The van der Waals surface area contributed by atoms with Crippen LogP contribution in [-0.4, -0.2) is 76.1 Å². The van der Waals surface area contributed by atoms with Crippen LogP contribution in [0.25, 0.3) is 50.4 Å². The molecule has 0 aliphatic carbocycles. The first-order valence-corrected chi connectivity index (χ1v) is 32.2. The van der Waals surface area contributed by atoms with Crippen LogP contribution in [-0.2, 0) is 55.5 Å². The summed E-state index contributed by atoms with van der Waals surface area (Å²) in [6.07, 6.45) is 4.36. The predicted molar refractivity (Wildman–Crippen MR) is 381 cm³/mol. The minimum Gasteiger partial charge on any atom is -0.489 e. The van der Waals surface area contributed by atoms with E-state index >= 15 is 0 Å². The Labute approximate surface area is 575 Å². The van der Waals surface area contributed by atoms with E-state index in [1.165, 1.54) is 48.5 Å². The molecular formula is C80H72N6O14. The highest BCUT2D eigenvalue weighted by Gasteiger charge is 2.23. The second-order valence-electron chi connectivity index (χ2n) is 24.3. The van der Waals surface area contributed by atoms with E-state index in [2.05, 4.69) is 33.8 Å². The van der Waals surface area contributed by atoms with Crippen molar-refractivity contribution in [3.63, 3.8) is 0 Å². The molecule has 2 aliphatic heterocycles. The molecular weight excluding hydrogens is 1270 g/mol. The molecule has 20 nitrogen and oxygen atoms in total. The van der Waals surface area contributed by atoms with Gasteiger partial charge < -0.3 is 60.0 Å². The molecule has 9 aromatic rings. The Bertz CT molecular complexity index is 4810. The summed E-state index contributed by atoms with van der Waals surface area (Å²) in [5.74, 6) is -2.94. The molecule has 0 radical (unpaired) electrons. The lowest BCUT2D eigenvalue weighted by molar-refractivity contribution is -0.122. The molecule has 0 atom stereocenters. The number of carboxylic acids is 4. The fourth-order valence-corrected chi connectivity index (χ4v) is 11.8. The summed E-state index contributed by atoms with van der Waals surface area (Å²) >= 11 is 0. The van der Waals surface area contributed by atoms with E-state index in [1.807, 2.05) is 58.0 Å². The smallest absolute Gasteiger partial charge is 0.335 e. The predicted octanol–water partition coefficient (Wildman–Crippen LogP) is 15.1. The van der Waals surface area contributed by atoms with Gasteiger partial charge in [0.2, 0.25) is 11.8 Å². The highest BCUT2D eigenvalue weighted by molar-refractivity contribution is 5.99. The van der Waals surface area contributed by atoms with Gasteiger partial charge in [-0.2, -0.15) is 0 Å². The standard InChI is InChI=1S/C80H72N6O14/c1-7-63-45(3)67-35-68-47(5)65(25-27-75(87)81-39-53-29-59(97-41-49-9-17-55(18-10-49)77(89)90)33-60(30-53)98-42-50-11-19-56(20-12-50)78(91)92)73(85-68)38-74-66(48(6)70(86-74)37-72-64(8-2)46(4)69(84-72)36-71(63)83-67)26-28-76(88)82-40-54-31-61(99-43-51-13-21-57(22-14-51)79(93)94)34-62(32-54)100-44-52-15-23-58(24-16-52)80(95)96/h7-24,29-38,83,86H,1-2,25-28,39-44H2,3-6H3,(H,81,87)(H,82,88)(H,89,90)(H,91,92)(H,93,94)(H,95,96). The van der Waals surface area contributed by atoms with Crippen molar-refractivity contribution in [3.05, 3.63) is 278 Å². The van der Waals surface area contributed by atoms with Crippen molar-refractivity contribution >= 4 is 86.1 Å². The summed E-state index contributed by atoms with van der Waals surface area (Å²) in [6, 6.07) is 43.9. The minimum atomic E-state index is -1.04. The number of aryl methyl sites for hydroxylation is 3. The number of amides is 2. The van der Waals surface area contributed by atoms with Crippen LogP contribution in [0.3, 0.4) is 0 Å². The number of aromatic nitrogens is 4. The first-order chi connectivity index (χ1) is 48.1. The Morgan fingerprint density at radius 1 is 0.410 bits per heavy atom. The fourth-order valence-electron chi connectivity index (χ4n) is 11.8. The quantitative estimate of drug-likeness (QED) is 0.0226. The number of carbonyl (C=O) groups excluding carboxylic acids is 2. The summed E-state index contributed by atoms with van der Waals surface area (Å²) in [5.41, 5.74) is 17.7. The van der Waals surface area contributed by atoms with Gasteiger partial charge in [-0.05, 0) is 204 Å². The number of fused-ring (bicyclic) bond motifs is 8. The lowest BCUT2D eigenvalue weighted by atomic mass is 10.00. The van der Waals surface area contributed by atoms with Gasteiger partial charge in [0.25, 0.3) is 0 Å². The van der Waals surface area contributed by atoms with Crippen molar-refractivity contribution in [1.29, 1.82) is 0 Å². The highest BCUT2D eigenvalue weighted by Crippen LogP contribution is 2.38. The van der Waals surface area contributed by atoms with Crippen molar-refractivity contribution in [2.75, 3.05) is 0 Å². The lowest BCUT2D eigenvalue weighted by Crippen LogP contribution is -2.23. The maximum Gasteiger partial charge on any atom is 0.335 e. The Hall–Kier alpha value is -12.6. The Morgan fingerprint density at radius 3 is 1.18 bits per heavy atom. The summed E-state index contributed by atoms with van der Waals surface area (Å²) in [5, 5.41) is 43.9. The Kier molecular flexibility index (Phi) is 21.1. The summed E-state index contributed by atoms with van der Waals surface area (Å²) in [7, 11) is 0. The van der Waals surface area contributed by atoms with Crippen LogP contribution in [0.2, 0.25) is 0 Å². The van der Waals surface area contributed by atoms with Gasteiger partial charge >= 0.3 is 23.9 Å². The van der Waals surface area contributed by atoms with Gasteiger partial charge in [-0.15, -0.1) is 0 Å². The third-order valence-electron chi connectivity index (χ3n) is 17.5. The number of aromatic carboxylic acids is 4. The van der Waals surface area contributed by atoms with Crippen molar-refractivity contribution in [2.45, 2.75) is 92.9 Å². The third-order valence-corrected chi connectivity index (χ3v) is 17.5. The van der Waals surface area contributed by atoms with Crippen LogP contribution in [0.15, 0.2) is 177 Å². The van der Waals surface area contributed by atoms with E-state index in [9.17, 15) is 49.2 Å². The maximum absolute atomic E-state index is 14.2. The number of hydrogen-bond donors (Lipinski definition) is 8. The monoisotopic (exact) mass is 1340 g/mol. The number of ether oxygens (including phenoxy) is 4. The summed E-state index contributed by atoms with van der Waals surface area (Å²) in [4.78, 5) is 92.2. The Balaban J connectivity index is 0.869. The average molecular weight is 1340 g/mol. The zero-order chi connectivity index (χ0) is 70.7. The van der Waals surface area contributed by atoms with Crippen molar-refractivity contribution in [1.82, 2.24) is 30.6 Å². The number of carbonyl (C=O) groups is 6. The van der Waals surface area contributed by atoms with Gasteiger partial charge in [-0.1, -0.05) is 73.8 Å². The number of nitrogens with zero attached hydrogens (tertiary/aromatic N) is 2. The molecule has 8 N–H and O–H groups in total. The number of allylic oxidation sites excluding steroid dienone is 5. The number of rotatable bonds is 28. The molecule has 3 aromatic heterocycles. The van der Waals surface area contributed by atoms with E-state index < -0.39 is 23.9 Å². The van der Waals surface area contributed by atoms with Crippen LogP contribution in [0.4, 0.5) is 0 Å². The number of benzene rings is 6. The first kappa shape index (κ1) is 68.8. The van der Waals surface area contributed by atoms with Crippen LogP contribution in [0, 0.1) is 13.8 Å². The number of aromatic amines is 2. The topological polar surface area (TPSA) is 302 Å². The molecule has 2 amide bonds. The van der Waals surface area contributed by atoms with Crippen molar-refractivity contribution < 1.29 is 68.1 Å². The lowest BCUT2D eigenvalue weighted by Gasteiger charge is -2.14. The summed E-state index contributed by atoms with van der Waals surface area (Å²) in [6.45, 7) is 17.0. The maximum atomic E-state index is 14.2. The van der Waals surface area contributed by atoms with Gasteiger partial charge in [0.15, 0.2) is 0 Å². The van der Waals surface area contributed by atoms with E-state index in [1.54, 1.807) is 91.0 Å². The second-order valence-corrected chi connectivity index (χ2v) is 24.3. The molecule has 0 fully saturated rings. The molecule has 5 heterocycles. The number of nitrogens with one attached hydrogen (secondary N) is 4. The molecule has 8 bridgehead atoms.